The number of ether oxygens (including phenoxy) is 3. The first-order valence-electron chi connectivity index (χ1n) is 10.4. The van der Waals surface area contributed by atoms with E-state index in [1.807, 2.05) is 6.92 Å². The molecule has 4 amide bonds. The van der Waals surface area contributed by atoms with E-state index in [1.165, 1.54) is 13.2 Å². The lowest BCUT2D eigenvalue weighted by atomic mass is 10.1. The molecule has 2 aromatic rings. The topological polar surface area (TPSA) is 94.2 Å². The summed E-state index contributed by atoms with van der Waals surface area (Å²) < 4.78 is 16.5. The molecule has 1 heterocycles. The Morgan fingerprint density at radius 3 is 2.38 bits per heavy atom. The monoisotopic (exact) mass is 438 g/mol. The standard InChI is InChI=1S/C24H26N2O6/c1-4-6-13-32-20-12-7-16(15-21(20)30-3)14-19-22(27)25-24(29)26(23(19)28)17-8-10-18(11-9-17)31-5-2/h7-12,14-15H,4-6,13H2,1-3H3,(H,25,27,29)/b19-14+. The molecule has 0 spiro atoms. The van der Waals surface area contributed by atoms with Gasteiger partial charge in [-0.25, -0.2) is 9.69 Å². The molecule has 2 aromatic carbocycles. The molecular formula is C24H26N2O6. The van der Waals surface area contributed by atoms with E-state index in [2.05, 4.69) is 12.2 Å². The molecule has 0 unspecified atom stereocenters. The fraction of sp³-hybridized carbons (Fsp3) is 0.292. The number of hydrogen-bond donors (Lipinski definition) is 1. The van der Waals surface area contributed by atoms with Gasteiger partial charge in [0.1, 0.15) is 11.3 Å². The van der Waals surface area contributed by atoms with E-state index >= 15 is 0 Å². The third-order valence-electron chi connectivity index (χ3n) is 4.76. The summed E-state index contributed by atoms with van der Waals surface area (Å²) in [6.07, 6.45) is 3.34. The Labute approximate surface area is 186 Å². The minimum Gasteiger partial charge on any atom is -0.494 e. The Kier molecular flexibility index (Phi) is 7.49. The van der Waals surface area contributed by atoms with Crippen molar-refractivity contribution in [3.05, 3.63) is 53.6 Å². The summed E-state index contributed by atoms with van der Waals surface area (Å²) in [5.41, 5.74) is 0.718. The summed E-state index contributed by atoms with van der Waals surface area (Å²) in [5.74, 6) is 0.197. The van der Waals surface area contributed by atoms with Crippen LogP contribution in [0.3, 0.4) is 0 Å². The van der Waals surface area contributed by atoms with E-state index in [1.54, 1.807) is 42.5 Å². The second kappa shape index (κ2) is 10.5. The predicted molar refractivity (Wildman–Crippen MR) is 120 cm³/mol. The summed E-state index contributed by atoms with van der Waals surface area (Å²) in [4.78, 5) is 38.7. The molecule has 0 bridgehead atoms. The van der Waals surface area contributed by atoms with Crippen LogP contribution in [0.5, 0.6) is 17.2 Å². The molecule has 0 atom stereocenters. The highest BCUT2D eigenvalue weighted by atomic mass is 16.5. The zero-order chi connectivity index (χ0) is 23.1. The molecule has 1 saturated heterocycles. The number of carbonyl (C=O) groups excluding carboxylic acids is 3. The van der Waals surface area contributed by atoms with Crippen LogP contribution in [-0.2, 0) is 9.59 Å². The van der Waals surface area contributed by atoms with E-state index in [-0.39, 0.29) is 5.57 Å². The lowest BCUT2D eigenvalue weighted by molar-refractivity contribution is -0.122. The minimum absolute atomic E-state index is 0.166. The lowest BCUT2D eigenvalue weighted by Crippen LogP contribution is -2.54. The van der Waals surface area contributed by atoms with Gasteiger partial charge >= 0.3 is 6.03 Å². The SMILES string of the molecule is CCCCOc1ccc(/C=C2\C(=O)NC(=O)N(c3ccc(OCC)cc3)C2=O)cc1OC. The van der Waals surface area contributed by atoms with Gasteiger partial charge < -0.3 is 14.2 Å². The van der Waals surface area contributed by atoms with Crippen LogP contribution in [0.15, 0.2) is 48.0 Å². The van der Waals surface area contributed by atoms with Crippen molar-refractivity contribution in [2.24, 2.45) is 0 Å². The summed E-state index contributed by atoms with van der Waals surface area (Å²) in [6, 6.07) is 10.8. The number of benzene rings is 2. The molecule has 0 saturated carbocycles. The van der Waals surface area contributed by atoms with E-state index < -0.39 is 17.8 Å². The van der Waals surface area contributed by atoms with Gasteiger partial charge in [-0.2, -0.15) is 0 Å². The third-order valence-corrected chi connectivity index (χ3v) is 4.76. The van der Waals surface area contributed by atoms with Crippen molar-refractivity contribution in [1.29, 1.82) is 0 Å². The van der Waals surface area contributed by atoms with Crippen molar-refractivity contribution in [1.82, 2.24) is 5.32 Å². The van der Waals surface area contributed by atoms with E-state index in [0.29, 0.717) is 41.7 Å². The van der Waals surface area contributed by atoms with E-state index in [0.717, 1.165) is 17.7 Å². The summed E-state index contributed by atoms with van der Waals surface area (Å²) >= 11 is 0. The highest BCUT2D eigenvalue weighted by Gasteiger charge is 2.36. The first-order valence-corrected chi connectivity index (χ1v) is 10.4. The number of urea groups is 1. The van der Waals surface area contributed by atoms with Gasteiger partial charge in [-0.3, -0.25) is 14.9 Å². The van der Waals surface area contributed by atoms with Gasteiger partial charge in [0.05, 0.1) is 26.0 Å². The number of unbranched alkanes of at least 4 members (excludes halogenated alkanes) is 1. The largest absolute Gasteiger partial charge is 0.494 e. The van der Waals surface area contributed by atoms with Gasteiger partial charge in [0.2, 0.25) is 0 Å². The number of methoxy groups -OCH3 is 1. The molecule has 8 heteroatoms. The molecule has 168 valence electrons. The molecular weight excluding hydrogens is 412 g/mol. The average molecular weight is 438 g/mol. The first-order chi connectivity index (χ1) is 15.5. The van der Waals surface area contributed by atoms with Gasteiger partial charge in [-0.05, 0) is 61.4 Å². The van der Waals surface area contributed by atoms with E-state index in [4.69, 9.17) is 14.2 Å². The highest BCUT2D eigenvalue weighted by molar-refractivity contribution is 6.39. The maximum Gasteiger partial charge on any atom is 0.335 e. The number of barbiturate groups is 1. The number of hydrogen-bond acceptors (Lipinski definition) is 6. The molecule has 8 nitrogen and oxygen atoms in total. The number of imide groups is 2. The van der Waals surface area contributed by atoms with Crippen LogP contribution in [-0.4, -0.2) is 38.2 Å². The van der Waals surface area contributed by atoms with Gasteiger partial charge in [0.25, 0.3) is 11.8 Å². The van der Waals surface area contributed by atoms with Crippen molar-refractivity contribution in [3.63, 3.8) is 0 Å². The lowest BCUT2D eigenvalue weighted by Gasteiger charge is -2.26. The normalized spacial score (nSPS) is 15.0. The van der Waals surface area contributed by atoms with Crippen LogP contribution in [0.1, 0.15) is 32.3 Å². The summed E-state index contributed by atoms with van der Waals surface area (Å²) in [7, 11) is 1.52. The molecule has 32 heavy (non-hydrogen) atoms. The van der Waals surface area contributed by atoms with Crippen molar-refractivity contribution < 1.29 is 28.6 Å². The van der Waals surface area contributed by atoms with Crippen molar-refractivity contribution >= 4 is 29.6 Å². The fourth-order valence-corrected chi connectivity index (χ4v) is 3.14. The maximum absolute atomic E-state index is 13.0. The van der Waals surface area contributed by atoms with Gasteiger partial charge in [0, 0.05) is 0 Å². The predicted octanol–water partition coefficient (Wildman–Crippen LogP) is 3.94. The van der Waals surface area contributed by atoms with Crippen LogP contribution in [0.25, 0.3) is 6.08 Å². The summed E-state index contributed by atoms with van der Waals surface area (Å²) in [6.45, 7) is 4.99. The van der Waals surface area contributed by atoms with Crippen LogP contribution >= 0.6 is 0 Å². The van der Waals surface area contributed by atoms with Crippen molar-refractivity contribution in [2.75, 3.05) is 25.2 Å². The number of anilines is 1. The highest BCUT2D eigenvalue weighted by Crippen LogP contribution is 2.30. The molecule has 1 N–H and O–H groups in total. The second-order valence-corrected chi connectivity index (χ2v) is 7.00. The zero-order valence-electron chi connectivity index (χ0n) is 18.3. The third kappa shape index (κ3) is 5.08. The van der Waals surface area contributed by atoms with Crippen LogP contribution in [0.4, 0.5) is 10.5 Å². The smallest absolute Gasteiger partial charge is 0.335 e. The molecule has 0 aromatic heterocycles. The van der Waals surface area contributed by atoms with Crippen LogP contribution < -0.4 is 24.4 Å². The Morgan fingerprint density at radius 1 is 0.969 bits per heavy atom. The number of nitrogens with zero attached hydrogens (tertiary/aromatic N) is 1. The van der Waals surface area contributed by atoms with Crippen LogP contribution in [0, 0.1) is 0 Å². The Hall–Kier alpha value is -3.81. The average Bonchev–Trinajstić information content (AvgIpc) is 2.78. The Bertz CT molecular complexity index is 1030. The number of carbonyl (C=O) groups is 3. The molecule has 1 fully saturated rings. The number of amides is 4. The first kappa shape index (κ1) is 22.9. The molecule has 3 rings (SSSR count). The van der Waals surface area contributed by atoms with Crippen molar-refractivity contribution in [2.45, 2.75) is 26.7 Å². The molecule has 0 aliphatic carbocycles. The maximum atomic E-state index is 13.0. The number of nitrogens with one attached hydrogen (secondary N) is 1. The van der Waals surface area contributed by atoms with E-state index in [9.17, 15) is 14.4 Å². The molecule has 1 aliphatic rings. The van der Waals surface area contributed by atoms with Gasteiger partial charge in [0.15, 0.2) is 11.5 Å². The minimum atomic E-state index is -0.807. The quantitative estimate of drug-likeness (QED) is 0.362. The fourth-order valence-electron chi connectivity index (χ4n) is 3.14. The Balaban J connectivity index is 1.88. The van der Waals surface area contributed by atoms with Crippen molar-refractivity contribution in [3.8, 4) is 17.2 Å². The molecule has 1 aliphatic heterocycles. The van der Waals surface area contributed by atoms with Crippen LogP contribution in [0.2, 0.25) is 0 Å². The number of rotatable bonds is 9. The van der Waals surface area contributed by atoms with Gasteiger partial charge in [-0.1, -0.05) is 19.4 Å². The van der Waals surface area contributed by atoms with Gasteiger partial charge in [-0.15, -0.1) is 0 Å². The zero-order valence-corrected chi connectivity index (χ0v) is 18.3. The second-order valence-electron chi connectivity index (χ2n) is 7.00. The molecule has 0 radical (unpaired) electrons. The summed E-state index contributed by atoms with van der Waals surface area (Å²) in [5, 5.41) is 2.21. The Morgan fingerprint density at radius 2 is 1.72 bits per heavy atom.